The van der Waals surface area contributed by atoms with Crippen LogP contribution in [0, 0.1) is 5.92 Å². The van der Waals surface area contributed by atoms with Gasteiger partial charge < -0.3 is 10.2 Å². The largest absolute Gasteiger partial charge is 0.334 e. The standard InChI is InChI=1S/C15H25FN2O3S/c1-10-14(5-7-22(10,20)21)17-15(19)18-12-2-3-13(18)9-11(8-12)4-6-16/h10-14H,2-9H2,1H3,(H,17,19)/t10-,11?,12?,13?,14-/m1/s1. The number of alkyl halides is 1. The Morgan fingerprint density at radius 3 is 2.36 bits per heavy atom. The second-order valence-electron chi connectivity index (χ2n) is 7.02. The first-order chi connectivity index (χ1) is 10.4. The zero-order valence-corrected chi connectivity index (χ0v) is 13.8. The molecule has 2 amide bonds. The predicted octanol–water partition coefficient (Wildman–Crippen LogP) is 1.87. The van der Waals surface area contributed by atoms with Crippen molar-refractivity contribution in [3.63, 3.8) is 0 Å². The summed E-state index contributed by atoms with van der Waals surface area (Å²) >= 11 is 0. The second kappa shape index (κ2) is 5.98. The molecule has 3 aliphatic heterocycles. The summed E-state index contributed by atoms with van der Waals surface area (Å²) in [6.07, 6.45) is 4.83. The van der Waals surface area contributed by atoms with Crippen LogP contribution in [0.3, 0.4) is 0 Å². The van der Waals surface area contributed by atoms with Gasteiger partial charge in [-0.05, 0) is 51.4 Å². The van der Waals surface area contributed by atoms with Crippen LogP contribution in [0.25, 0.3) is 0 Å². The van der Waals surface area contributed by atoms with Crippen molar-refractivity contribution in [1.82, 2.24) is 10.2 Å². The minimum atomic E-state index is -3.05. The van der Waals surface area contributed by atoms with E-state index >= 15 is 0 Å². The summed E-state index contributed by atoms with van der Waals surface area (Å²) in [5.41, 5.74) is 0. The molecule has 5 nitrogen and oxygen atoms in total. The molecule has 0 saturated carbocycles. The van der Waals surface area contributed by atoms with Gasteiger partial charge in [0.1, 0.15) is 0 Å². The fourth-order valence-corrected chi connectivity index (χ4v) is 6.06. The Morgan fingerprint density at radius 2 is 1.86 bits per heavy atom. The van der Waals surface area contributed by atoms with Crippen LogP contribution in [0.4, 0.5) is 9.18 Å². The second-order valence-corrected chi connectivity index (χ2v) is 9.50. The van der Waals surface area contributed by atoms with Crippen LogP contribution < -0.4 is 5.32 Å². The van der Waals surface area contributed by atoms with E-state index in [1.54, 1.807) is 6.92 Å². The number of piperidine rings is 1. The predicted molar refractivity (Wildman–Crippen MR) is 82.2 cm³/mol. The number of sulfone groups is 1. The Labute approximate surface area is 131 Å². The molecular weight excluding hydrogens is 307 g/mol. The van der Waals surface area contributed by atoms with Gasteiger partial charge in [0, 0.05) is 18.1 Å². The number of amides is 2. The Kier molecular flexibility index (Phi) is 4.36. The van der Waals surface area contributed by atoms with E-state index in [-0.39, 0.29) is 36.6 Å². The summed E-state index contributed by atoms with van der Waals surface area (Å²) in [7, 11) is -3.05. The summed E-state index contributed by atoms with van der Waals surface area (Å²) in [6, 6.07) is -0.00662. The fourth-order valence-electron chi connectivity index (χ4n) is 4.40. The van der Waals surface area contributed by atoms with Gasteiger partial charge in [-0.15, -0.1) is 0 Å². The molecule has 1 N–H and O–H groups in total. The average Bonchev–Trinajstić information content (AvgIpc) is 2.87. The van der Waals surface area contributed by atoms with Crippen LogP contribution in [0.1, 0.15) is 45.4 Å². The molecule has 2 unspecified atom stereocenters. The zero-order valence-electron chi connectivity index (χ0n) is 13.0. The van der Waals surface area contributed by atoms with E-state index in [1.165, 1.54) is 0 Å². The van der Waals surface area contributed by atoms with Crippen LogP contribution in [0.15, 0.2) is 0 Å². The van der Waals surface area contributed by atoms with Crippen molar-refractivity contribution >= 4 is 15.9 Å². The highest BCUT2D eigenvalue weighted by Gasteiger charge is 2.45. The number of halogens is 1. The summed E-state index contributed by atoms with van der Waals surface area (Å²) < 4.78 is 36.1. The first-order valence-corrected chi connectivity index (χ1v) is 10.00. The molecule has 3 heterocycles. The normalized spacial score (nSPS) is 39.9. The maximum atomic E-state index is 12.6. The number of nitrogens with zero attached hydrogens (tertiary/aromatic N) is 1. The molecule has 126 valence electrons. The van der Waals surface area contributed by atoms with Gasteiger partial charge in [-0.1, -0.05) is 0 Å². The molecule has 3 rings (SSSR count). The summed E-state index contributed by atoms with van der Waals surface area (Å²) in [4.78, 5) is 14.5. The highest BCUT2D eigenvalue weighted by atomic mass is 32.2. The van der Waals surface area contributed by atoms with Crippen molar-refractivity contribution in [2.75, 3.05) is 12.4 Å². The number of carbonyl (C=O) groups is 1. The van der Waals surface area contributed by atoms with Crippen LogP contribution in [0.5, 0.6) is 0 Å². The maximum absolute atomic E-state index is 12.6. The van der Waals surface area contributed by atoms with Gasteiger partial charge in [0.15, 0.2) is 9.84 Å². The van der Waals surface area contributed by atoms with E-state index in [9.17, 15) is 17.6 Å². The number of urea groups is 1. The molecule has 2 bridgehead atoms. The highest BCUT2D eigenvalue weighted by molar-refractivity contribution is 7.92. The quantitative estimate of drug-likeness (QED) is 0.858. The van der Waals surface area contributed by atoms with Crippen LogP contribution in [0.2, 0.25) is 0 Å². The average molecular weight is 332 g/mol. The number of carbonyl (C=O) groups excluding carboxylic acids is 1. The third-order valence-corrected chi connectivity index (χ3v) is 8.00. The Hall–Kier alpha value is -0.850. The molecule has 0 aliphatic carbocycles. The van der Waals surface area contributed by atoms with Gasteiger partial charge in [-0.25, -0.2) is 13.2 Å². The van der Waals surface area contributed by atoms with Crippen LogP contribution in [-0.2, 0) is 9.84 Å². The van der Waals surface area contributed by atoms with Crippen LogP contribution >= 0.6 is 0 Å². The minimum Gasteiger partial charge on any atom is -0.334 e. The molecule has 3 saturated heterocycles. The van der Waals surface area contributed by atoms with Gasteiger partial charge in [0.05, 0.1) is 17.7 Å². The van der Waals surface area contributed by atoms with E-state index in [2.05, 4.69) is 5.32 Å². The molecular formula is C15H25FN2O3S. The van der Waals surface area contributed by atoms with Crippen molar-refractivity contribution in [3.05, 3.63) is 0 Å². The van der Waals surface area contributed by atoms with Crippen molar-refractivity contribution in [2.45, 2.75) is 68.8 Å². The lowest BCUT2D eigenvalue weighted by Crippen LogP contribution is -2.54. The van der Waals surface area contributed by atoms with E-state index in [4.69, 9.17) is 0 Å². The third kappa shape index (κ3) is 2.84. The van der Waals surface area contributed by atoms with Crippen molar-refractivity contribution in [1.29, 1.82) is 0 Å². The zero-order chi connectivity index (χ0) is 15.9. The van der Waals surface area contributed by atoms with Crippen molar-refractivity contribution in [2.24, 2.45) is 5.92 Å². The summed E-state index contributed by atoms with van der Waals surface area (Å²) in [6.45, 7) is 1.39. The van der Waals surface area contributed by atoms with Gasteiger partial charge in [-0.3, -0.25) is 4.39 Å². The lowest BCUT2D eigenvalue weighted by molar-refractivity contribution is 0.114. The van der Waals surface area contributed by atoms with Gasteiger partial charge in [0.25, 0.3) is 0 Å². The van der Waals surface area contributed by atoms with E-state index < -0.39 is 15.1 Å². The highest BCUT2D eigenvalue weighted by Crippen LogP contribution is 2.40. The Bertz CT molecular complexity index is 525. The van der Waals surface area contributed by atoms with E-state index in [0.29, 0.717) is 18.8 Å². The first-order valence-electron chi connectivity index (χ1n) is 8.28. The maximum Gasteiger partial charge on any atom is 0.318 e. The molecule has 3 fully saturated rings. The van der Waals surface area contributed by atoms with Crippen molar-refractivity contribution < 1.29 is 17.6 Å². The number of hydrogen-bond acceptors (Lipinski definition) is 3. The van der Waals surface area contributed by atoms with Crippen molar-refractivity contribution in [3.8, 4) is 0 Å². The monoisotopic (exact) mass is 332 g/mol. The molecule has 0 radical (unpaired) electrons. The van der Waals surface area contributed by atoms with E-state index in [0.717, 1.165) is 25.7 Å². The third-order valence-electron chi connectivity index (χ3n) is 5.74. The number of fused-ring (bicyclic) bond motifs is 2. The summed E-state index contributed by atoms with van der Waals surface area (Å²) in [5, 5.41) is 2.43. The summed E-state index contributed by atoms with van der Waals surface area (Å²) in [5.74, 6) is 0.544. The lowest BCUT2D eigenvalue weighted by Gasteiger charge is -2.39. The number of rotatable bonds is 3. The molecule has 22 heavy (non-hydrogen) atoms. The van der Waals surface area contributed by atoms with Gasteiger partial charge in [0.2, 0.25) is 0 Å². The molecule has 4 atom stereocenters. The fraction of sp³-hybridized carbons (Fsp3) is 0.933. The SMILES string of the molecule is C[C@@H]1[C@H](NC(=O)N2C3CCC2CC(CCF)C3)CCS1(=O)=O. The number of nitrogens with one attached hydrogen (secondary N) is 1. The van der Waals surface area contributed by atoms with Gasteiger partial charge in [-0.2, -0.15) is 0 Å². The molecule has 0 aromatic rings. The molecule has 0 aromatic carbocycles. The molecule has 0 spiro atoms. The molecule has 0 aromatic heterocycles. The molecule has 7 heteroatoms. The smallest absolute Gasteiger partial charge is 0.318 e. The van der Waals surface area contributed by atoms with Crippen LogP contribution in [-0.4, -0.2) is 55.2 Å². The lowest BCUT2D eigenvalue weighted by atomic mass is 9.89. The first kappa shape index (κ1) is 16.0. The molecule has 3 aliphatic rings. The Morgan fingerprint density at radius 1 is 1.23 bits per heavy atom. The Balaban J connectivity index is 1.62. The van der Waals surface area contributed by atoms with E-state index in [1.807, 2.05) is 4.90 Å². The number of hydrogen-bond donors (Lipinski definition) is 1. The van der Waals surface area contributed by atoms with Gasteiger partial charge >= 0.3 is 6.03 Å². The minimum absolute atomic E-state index is 0.125. The topological polar surface area (TPSA) is 66.5 Å².